The third-order valence-electron chi connectivity index (χ3n) is 2.76. The molecule has 0 aliphatic rings. The number of nitrogens with one attached hydrogen (secondary N) is 1. The number of hydrogen-bond acceptors (Lipinski definition) is 5. The molecule has 0 atom stereocenters. The van der Waals surface area contributed by atoms with Crippen molar-refractivity contribution in [2.45, 2.75) is 6.92 Å². The maximum Gasteiger partial charge on any atom is 0.269 e. The molecule has 0 bridgehead atoms. The SMILES string of the molecule is Cc1nc(-c2ccccc2F)sc1C(=O)Nc1nccs1. The number of carbonyl (C=O) groups excluding carboxylic acids is 1. The molecule has 0 spiro atoms. The van der Waals surface area contributed by atoms with E-state index < -0.39 is 0 Å². The molecule has 21 heavy (non-hydrogen) atoms. The molecule has 4 nitrogen and oxygen atoms in total. The smallest absolute Gasteiger partial charge is 0.269 e. The maximum atomic E-state index is 13.8. The summed E-state index contributed by atoms with van der Waals surface area (Å²) < 4.78 is 13.8. The van der Waals surface area contributed by atoms with Crippen LogP contribution in [0, 0.1) is 12.7 Å². The topological polar surface area (TPSA) is 54.9 Å². The zero-order valence-electron chi connectivity index (χ0n) is 11.0. The van der Waals surface area contributed by atoms with Gasteiger partial charge in [-0.25, -0.2) is 14.4 Å². The van der Waals surface area contributed by atoms with Gasteiger partial charge in [0, 0.05) is 17.1 Å². The average molecular weight is 319 g/mol. The van der Waals surface area contributed by atoms with Crippen LogP contribution in [0.15, 0.2) is 35.8 Å². The number of carbonyl (C=O) groups is 1. The normalized spacial score (nSPS) is 10.6. The zero-order valence-corrected chi connectivity index (χ0v) is 12.6. The summed E-state index contributed by atoms with van der Waals surface area (Å²) in [6.45, 7) is 1.73. The minimum absolute atomic E-state index is 0.275. The van der Waals surface area contributed by atoms with Crippen molar-refractivity contribution in [1.82, 2.24) is 9.97 Å². The molecule has 3 rings (SSSR count). The quantitative estimate of drug-likeness (QED) is 0.795. The van der Waals surface area contributed by atoms with E-state index in [-0.39, 0.29) is 11.7 Å². The van der Waals surface area contributed by atoms with E-state index in [2.05, 4.69) is 15.3 Å². The lowest BCUT2D eigenvalue weighted by Crippen LogP contribution is -2.11. The number of aromatic nitrogens is 2. The number of halogens is 1. The number of thiazole rings is 2. The Bertz CT molecular complexity index is 783. The number of nitrogens with zero attached hydrogens (tertiary/aromatic N) is 2. The van der Waals surface area contributed by atoms with Crippen molar-refractivity contribution >= 4 is 33.7 Å². The lowest BCUT2D eigenvalue weighted by molar-refractivity contribution is 0.103. The van der Waals surface area contributed by atoms with Gasteiger partial charge in [-0.2, -0.15) is 0 Å². The summed E-state index contributed by atoms with van der Waals surface area (Å²) in [6, 6.07) is 6.39. The number of hydrogen-bond donors (Lipinski definition) is 1. The largest absolute Gasteiger partial charge is 0.297 e. The molecular weight excluding hydrogens is 309 g/mol. The van der Waals surface area contributed by atoms with Crippen LogP contribution in [0.5, 0.6) is 0 Å². The molecule has 0 aliphatic carbocycles. The van der Waals surface area contributed by atoms with Gasteiger partial charge in [-0.05, 0) is 19.1 Å². The molecule has 2 aromatic heterocycles. The summed E-state index contributed by atoms with van der Waals surface area (Å²) in [5.74, 6) is -0.624. The van der Waals surface area contributed by atoms with Gasteiger partial charge in [0.15, 0.2) is 5.13 Å². The van der Waals surface area contributed by atoms with Crippen LogP contribution in [0.1, 0.15) is 15.4 Å². The Morgan fingerprint density at radius 3 is 2.86 bits per heavy atom. The first-order valence-electron chi connectivity index (χ1n) is 6.08. The fourth-order valence-electron chi connectivity index (χ4n) is 1.80. The first-order chi connectivity index (χ1) is 10.1. The van der Waals surface area contributed by atoms with Gasteiger partial charge < -0.3 is 0 Å². The Balaban J connectivity index is 1.91. The van der Waals surface area contributed by atoms with Gasteiger partial charge in [-0.1, -0.05) is 12.1 Å². The van der Waals surface area contributed by atoms with Gasteiger partial charge in [0.2, 0.25) is 0 Å². The summed E-state index contributed by atoms with van der Waals surface area (Å²) in [5.41, 5.74) is 0.978. The Kier molecular flexibility index (Phi) is 3.76. The van der Waals surface area contributed by atoms with Gasteiger partial charge in [-0.3, -0.25) is 10.1 Å². The van der Waals surface area contributed by atoms with E-state index in [0.717, 1.165) is 0 Å². The lowest BCUT2D eigenvalue weighted by atomic mass is 10.2. The molecular formula is C14H10FN3OS2. The van der Waals surface area contributed by atoms with Gasteiger partial charge in [0.05, 0.1) is 5.69 Å². The molecule has 0 saturated carbocycles. The average Bonchev–Trinajstić information content (AvgIpc) is 3.09. The van der Waals surface area contributed by atoms with E-state index in [1.807, 2.05) is 0 Å². The van der Waals surface area contributed by atoms with Gasteiger partial charge in [0.25, 0.3) is 5.91 Å². The van der Waals surface area contributed by atoms with Crippen LogP contribution in [0.3, 0.4) is 0 Å². The molecule has 0 radical (unpaired) electrons. The Hall–Kier alpha value is -2.12. The Morgan fingerprint density at radius 1 is 1.33 bits per heavy atom. The highest BCUT2D eigenvalue weighted by atomic mass is 32.1. The van der Waals surface area contributed by atoms with Crippen LogP contribution in [0.25, 0.3) is 10.6 Å². The fraction of sp³-hybridized carbons (Fsp3) is 0.0714. The third-order valence-corrected chi connectivity index (χ3v) is 4.64. The predicted octanol–water partition coefficient (Wildman–Crippen LogP) is 3.97. The minimum Gasteiger partial charge on any atom is -0.297 e. The van der Waals surface area contributed by atoms with Crippen LogP contribution < -0.4 is 5.32 Å². The second kappa shape index (κ2) is 5.71. The minimum atomic E-state index is -0.349. The van der Waals surface area contributed by atoms with E-state index in [4.69, 9.17) is 0 Å². The van der Waals surface area contributed by atoms with Crippen molar-refractivity contribution < 1.29 is 9.18 Å². The highest BCUT2D eigenvalue weighted by molar-refractivity contribution is 7.17. The maximum absolute atomic E-state index is 13.8. The zero-order chi connectivity index (χ0) is 14.8. The molecule has 7 heteroatoms. The standard InChI is InChI=1S/C14H10FN3OS2/c1-8-11(12(19)18-14-16-6-7-20-14)21-13(17-8)9-4-2-3-5-10(9)15/h2-7H,1H3,(H,16,18,19). The third kappa shape index (κ3) is 2.84. The fourth-order valence-corrected chi connectivity index (χ4v) is 3.31. The number of amides is 1. The van der Waals surface area contributed by atoms with Crippen molar-refractivity contribution in [3.05, 3.63) is 52.2 Å². The van der Waals surface area contributed by atoms with Crippen LogP contribution in [0.4, 0.5) is 9.52 Å². The second-order valence-electron chi connectivity index (χ2n) is 4.20. The summed E-state index contributed by atoms with van der Waals surface area (Å²) in [6.07, 6.45) is 1.62. The first-order valence-corrected chi connectivity index (χ1v) is 7.78. The summed E-state index contributed by atoms with van der Waals surface area (Å²) in [5, 5.41) is 5.50. The van der Waals surface area contributed by atoms with Gasteiger partial charge in [0.1, 0.15) is 15.7 Å². The van der Waals surface area contributed by atoms with E-state index >= 15 is 0 Å². The Labute approximate surface area is 128 Å². The van der Waals surface area contributed by atoms with Crippen molar-refractivity contribution in [2.24, 2.45) is 0 Å². The van der Waals surface area contributed by atoms with Crippen molar-refractivity contribution in [2.75, 3.05) is 5.32 Å². The van der Waals surface area contributed by atoms with Crippen molar-refractivity contribution in [1.29, 1.82) is 0 Å². The number of aryl methyl sites for hydroxylation is 1. The van der Waals surface area contributed by atoms with Crippen LogP contribution in [0.2, 0.25) is 0 Å². The molecule has 3 aromatic rings. The number of rotatable bonds is 3. The molecule has 0 aliphatic heterocycles. The van der Waals surface area contributed by atoms with E-state index in [9.17, 15) is 9.18 Å². The van der Waals surface area contributed by atoms with E-state index in [1.165, 1.54) is 28.7 Å². The van der Waals surface area contributed by atoms with Crippen molar-refractivity contribution in [3.63, 3.8) is 0 Å². The van der Waals surface area contributed by atoms with Gasteiger partial charge in [-0.15, -0.1) is 22.7 Å². The van der Waals surface area contributed by atoms with Crippen molar-refractivity contribution in [3.8, 4) is 10.6 Å². The summed E-state index contributed by atoms with van der Waals surface area (Å²) >= 11 is 2.51. The number of anilines is 1. The molecule has 106 valence electrons. The summed E-state index contributed by atoms with van der Waals surface area (Å²) in [4.78, 5) is 21.0. The molecule has 1 amide bonds. The highest BCUT2D eigenvalue weighted by Crippen LogP contribution is 2.30. The molecule has 0 saturated heterocycles. The molecule has 1 N–H and O–H groups in total. The molecule has 0 unspecified atom stereocenters. The lowest BCUT2D eigenvalue weighted by Gasteiger charge is -1.98. The van der Waals surface area contributed by atoms with Crippen LogP contribution in [-0.2, 0) is 0 Å². The second-order valence-corrected chi connectivity index (χ2v) is 6.10. The molecule has 1 aromatic carbocycles. The summed E-state index contributed by atoms with van der Waals surface area (Å²) in [7, 11) is 0. The Morgan fingerprint density at radius 2 is 2.14 bits per heavy atom. The first kappa shape index (κ1) is 13.8. The van der Waals surface area contributed by atoms with Crippen LogP contribution in [-0.4, -0.2) is 15.9 Å². The van der Waals surface area contributed by atoms with E-state index in [1.54, 1.807) is 36.7 Å². The monoisotopic (exact) mass is 319 g/mol. The molecule has 0 fully saturated rings. The van der Waals surface area contributed by atoms with Gasteiger partial charge >= 0.3 is 0 Å². The van der Waals surface area contributed by atoms with E-state index in [0.29, 0.717) is 26.3 Å². The van der Waals surface area contributed by atoms with Crippen LogP contribution >= 0.6 is 22.7 Å². The number of benzene rings is 1. The predicted molar refractivity (Wildman–Crippen MR) is 82.3 cm³/mol. The molecule has 2 heterocycles. The highest BCUT2D eigenvalue weighted by Gasteiger charge is 2.18.